The summed E-state index contributed by atoms with van der Waals surface area (Å²) in [5, 5.41) is 2.61. The largest absolute Gasteiger partial charge is 0.341 e. The molecule has 2 amide bonds. The average molecular weight is 369 g/mol. The van der Waals surface area contributed by atoms with Crippen LogP contribution in [0, 0.1) is 0 Å². The molecule has 1 aromatic carbocycles. The monoisotopic (exact) mass is 369 g/mol. The molecule has 8 heteroatoms. The van der Waals surface area contributed by atoms with E-state index in [-0.39, 0.29) is 18.4 Å². The van der Waals surface area contributed by atoms with Crippen LogP contribution in [0.25, 0.3) is 0 Å². The fourth-order valence-corrected chi connectivity index (χ4v) is 3.31. The van der Waals surface area contributed by atoms with E-state index < -0.39 is 10.0 Å². The molecule has 0 aromatic heterocycles. The van der Waals surface area contributed by atoms with Crippen molar-refractivity contribution in [1.82, 2.24) is 4.90 Å². The number of anilines is 2. The molecule has 0 aliphatic heterocycles. The number of benzene rings is 1. The molecule has 0 aliphatic rings. The van der Waals surface area contributed by atoms with Gasteiger partial charge in [0.1, 0.15) is 6.54 Å². The molecule has 25 heavy (non-hydrogen) atoms. The third-order valence-corrected chi connectivity index (χ3v) is 4.61. The van der Waals surface area contributed by atoms with Gasteiger partial charge in [-0.05, 0) is 31.0 Å². The van der Waals surface area contributed by atoms with Gasteiger partial charge in [-0.3, -0.25) is 13.9 Å². The minimum atomic E-state index is -3.65. The summed E-state index contributed by atoms with van der Waals surface area (Å²) >= 11 is 0. The molecule has 0 aliphatic carbocycles. The Morgan fingerprint density at radius 3 is 2.20 bits per heavy atom. The second-order valence-electron chi connectivity index (χ2n) is 5.88. The number of amides is 2. The highest BCUT2D eigenvalue weighted by Gasteiger charge is 2.23. The summed E-state index contributed by atoms with van der Waals surface area (Å²) in [6.07, 6.45) is 2.68. The van der Waals surface area contributed by atoms with E-state index in [1.165, 1.54) is 6.92 Å². The van der Waals surface area contributed by atoms with Gasteiger partial charge in [0.05, 0.1) is 11.9 Å². The van der Waals surface area contributed by atoms with Gasteiger partial charge in [-0.25, -0.2) is 8.42 Å². The predicted octanol–water partition coefficient (Wildman–Crippen LogP) is 2.06. The molecular weight excluding hydrogens is 342 g/mol. The molecule has 0 radical (unpaired) electrons. The smallest absolute Gasteiger partial charge is 0.243 e. The first-order valence-electron chi connectivity index (χ1n) is 8.32. The predicted molar refractivity (Wildman–Crippen MR) is 100 cm³/mol. The second kappa shape index (κ2) is 9.41. The van der Waals surface area contributed by atoms with Crippen molar-refractivity contribution in [2.75, 3.05) is 35.5 Å². The number of carbonyl (C=O) groups excluding carboxylic acids is 2. The van der Waals surface area contributed by atoms with Crippen LogP contribution in [0.2, 0.25) is 0 Å². The van der Waals surface area contributed by atoms with Crippen LogP contribution < -0.4 is 9.62 Å². The van der Waals surface area contributed by atoms with Crippen molar-refractivity contribution in [1.29, 1.82) is 0 Å². The molecule has 0 bridgehead atoms. The number of hydrogen-bond donors (Lipinski definition) is 1. The maximum Gasteiger partial charge on any atom is 0.243 e. The molecule has 0 atom stereocenters. The number of nitrogens with one attached hydrogen (secondary N) is 1. The Morgan fingerprint density at radius 1 is 1.12 bits per heavy atom. The Balaban J connectivity index is 3.10. The highest BCUT2D eigenvalue weighted by molar-refractivity contribution is 7.92. The zero-order valence-corrected chi connectivity index (χ0v) is 16.1. The van der Waals surface area contributed by atoms with Crippen molar-refractivity contribution in [3.05, 3.63) is 24.3 Å². The second-order valence-corrected chi connectivity index (χ2v) is 7.79. The molecule has 0 saturated carbocycles. The lowest BCUT2D eigenvalue weighted by Crippen LogP contribution is -2.43. The lowest BCUT2D eigenvalue weighted by atomic mass is 10.2. The summed E-state index contributed by atoms with van der Waals surface area (Å²) in [4.78, 5) is 25.4. The maximum atomic E-state index is 12.6. The number of hydrogen-bond acceptors (Lipinski definition) is 4. The Hall–Kier alpha value is -2.09. The highest BCUT2D eigenvalue weighted by Crippen LogP contribution is 2.22. The average Bonchev–Trinajstić information content (AvgIpc) is 2.50. The molecule has 0 heterocycles. The quantitative estimate of drug-likeness (QED) is 0.722. The van der Waals surface area contributed by atoms with E-state index in [1.807, 2.05) is 13.8 Å². The first-order chi connectivity index (χ1) is 11.7. The van der Waals surface area contributed by atoms with E-state index in [2.05, 4.69) is 5.32 Å². The van der Waals surface area contributed by atoms with Gasteiger partial charge in [-0.15, -0.1) is 0 Å². The SMILES string of the molecule is CCCN(CCC)C(=O)CN(c1cccc(NC(C)=O)c1)S(C)(=O)=O. The molecule has 1 aromatic rings. The molecular formula is C17H27N3O4S. The van der Waals surface area contributed by atoms with Crippen LogP contribution in [0.3, 0.4) is 0 Å². The fraction of sp³-hybridized carbons (Fsp3) is 0.529. The van der Waals surface area contributed by atoms with Crippen LogP contribution in [0.15, 0.2) is 24.3 Å². The van der Waals surface area contributed by atoms with Gasteiger partial charge in [-0.2, -0.15) is 0 Å². The number of carbonyl (C=O) groups is 2. The standard InChI is InChI=1S/C17H27N3O4S/c1-5-10-19(11-6-2)17(22)13-20(25(4,23)24)16-9-7-8-15(12-16)18-14(3)21/h7-9,12H,5-6,10-11,13H2,1-4H3,(H,18,21). The zero-order chi connectivity index (χ0) is 19.0. The van der Waals surface area contributed by atoms with Crippen LogP contribution in [-0.2, 0) is 19.6 Å². The first-order valence-corrected chi connectivity index (χ1v) is 10.2. The maximum absolute atomic E-state index is 12.6. The van der Waals surface area contributed by atoms with Crippen molar-refractivity contribution in [2.24, 2.45) is 0 Å². The summed E-state index contributed by atoms with van der Waals surface area (Å²) in [7, 11) is -3.65. The molecule has 7 nitrogen and oxygen atoms in total. The fourth-order valence-electron chi connectivity index (χ4n) is 2.47. The van der Waals surface area contributed by atoms with Crippen LogP contribution in [0.5, 0.6) is 0 Å². The number of rotatable bonds is 9. The number of sulfonamides is 1. The third kappa shape index (κ3) is 6.74. The number of nitrogens with zero attached hydrogens (tertiary/aromatic N) is 2. The summed E-state index contributed by atoms with van der Waals surface area (Å²) in [5.41, 5.74) is 0.820. The molecule has 0 saturated heterocycles. The minimum Gasteiger partial charge on any atom is -0.341 e. The van der Waals surface area contributed by atoms with Crippen LogP contribution >= 0.6 is 0 Å². The Kier molecular flexibility index (Phi) is 7.89. The first kappa shape index (κ1) is 21.0. The van der Waals surface area contributed by atoms with Gasteiger partial charge in [0.15, 0.2) is 0 Å². The summed E-state index contributed by atoms with van der Waals surface area (Å²) in [5.74, 6) is -0.491. The highest BCUT2D eigenvalue weighted by atomic mass is 32.2. The van der Waals surface area contributed by atoms with E-state index >= 15 is 0 Å². The lowest BCUT2D eigenvalue weighted by Gasteiger charge is -2.27. The molecule has 1 N–H and O–H groups in total. The van der Waals surface area contributed by atoms with Crippen molar-refractivity contribution in [2.45, 2.75) is 33.6 Å². The molecule has 140 valence electrons. The Morgan fingerprint density at radius 2 is 1.72 bits per heavy atom. The Labute approximate surface area is 150 Å². The van der Waals surface area contributed by atoms with E-state index in [1.54, 1.807) is 29.2 Å². The normalized spacial score (nSPS) is 11.0. The van der Waals surface area contributed by atoms with Gasteiger partial charge >= 0.3 is 0 Å². The van der Waals surface area contributed by atoms with Crippen molar-refractivity contribution >= 4 is 33.2 Å². The summed E-state index contributed by atoms with van der Waals surface area (Å²) in [6, 6.07) is 6.44. The van der Waals surface area contributed by atoms with E-state index in [4.69, 9.17) is 0 Å². The van der Waals surface area contributed by atoms with Crippen molar-refractivity contribution in [3.8, 4) is 0 Å². The minimum absolute atomic E-state index is 0.237. The van der Waals surface area contributed by atoms with Crippen LogP contribution in [0.4, 0.5) is 11.4 Å². The van der Waals surface area contributed by atoms with Crippen molar-refractivity contribution in [3.63, 3.8) is 0 Å². The van der Waals surface area contributed by atoms with Gasteiger partial charge in [0, 0.05) is 25.7 Å². The van der Waals surface area contributed by atoms with E-state index in [9.17, 15) is 18.0 Å². The van der Waals surface area contributed by atoms with Gasteiger partial charge in [0.2, 0.25) is 21.8 Å². The lowest BCUT2D eigenvalue weighted by molar-refractivity contribution is -0.129. The van der Waals surface area contributed by atoms with E-state index in [0.29, 0.717) is 24.5 Å². The Bertz CT molecular complexity index is 698. The topological polar surface area (TPSA) is 86.8 Å². The van der Waals surface area contributed by atoms with Crippen molar-refractivity contribution < 1.29 is 18.0 Å². The molecule has 0 unspecified atom stereocenters. The molecule has 1 rings (SSSR count). The summed E-state index contributed by atoms with van der Waals surface area (Å²) in [6.45, 7) is 6.25. The van der Waals surface area contributed by atoms with Gasteiger partial charge in [0.25, 0.3) is 0 Å². The van der Waals surface area contributed by atoms with E-state index in [0.717, 1.165) is 23.4 Å². The van der Waals surface area contributed by atoms with Crippen LogP contribution in [-0.4, -0.2) is 51.0 Å². The van der Waals surface area contributed by atoms with Gasteiger partial charge < -0.3 is 10.2 Å². The van der Waals surface area contributed by atoms with Crippen LogP contribution in [0.1, 0.15) is 33.6 Å². The van der Waals surface area contributed by atoms with Gasteiger partial charge in [-0.1, -0.05) is 19.9 Å². The summed E-state index contributed by atoms with van der Waals surface area (Å²) < 4.78 is 25.5. The molecule has 0 spiro atoms. The molecule has 0 fully saturated rings. The third-order valence-electron chi connectivity index (χ3n) is 3.47. The zero-order valence-electron chi connectivity index (χ0n) is 15.3.